The predicted molar refractivity (Wildman–Crippen MR) is 67.5 cm³/mol. The Bertz CT molecular complexity index is 385. The predicted octanol–water partition coefficient (Wildman–Crippen LogP) is 4.06. The van der Waals surface area contributed by atoms with Crippen molar-refractivity contribution in [2.45, 2.75) is 12.8 Å². The Labute approximate surface area is 101 Å². The van der Waals surface area contributed by atoms with Crippen LogP contribution in [0.3, 0.4) is 0 Å². The van der Waals surface area contributed by atoms with Crippen LogP contribution < -0.4 is 0 Å². The fourth-order valence-electron chi connectivity index (χ4n) is 0.830. The average molecular weight is 236 g/mol. The van der Waals surface area contributed by atoms with Crippen molar-refractivity contribution in [3.8, 4) is 11.8 Å². The van der Waals surface area contributed by atoms with E-state index in [0.29, 0.717) is 5.56 Å². The van der Waals surface area contributed by atoms with Gasteiger partial charge in [-0.25, -0.2) is 0 Å². The Morgan fingerprint density at radius 1 is 1.31 bits per heavy atom. The zero-order valence-electron chi connectivity index (χ0n) is 8.99. The number of phenolic OH excluding ortho intramolecular Hbond substituents is 1. The summed E-state index contributed by atoms with van der Waals surface area (Å²) in [6, 6.07) is 6.10. The van der Waals surface area contributed by atoms with Crippen LogP contribution in [-0.4, -0.2) is 5.11 Å². The van der Waals surface area contributed by atoms with Crippen LogP contribution >= 0.6 is 11.6 Å². The van der Waals surface area contributed by atoms with Crippen molar-refractivity contribution in [3.63, 3.8) is 0 Å². The third-order valence-electron chi connectivity index (χ3n) is 1.65. The maximum atomic E-state index is 8.84. The summed E-state index contributed by atoms with van der Waals surface area (Å²) in [5.74, 6) is 0.0731. The maximum Gasteiger partial charge on any atom is 0.117 e. The molecule has 0 aliphatic heterocycles. The summed E-state index contributed by atoms with van der Waals surface area (Å²) < 4.78 is 0. The van der Waals surface area contributed by atoms with Gasteiger partial charge >= 0.3 is 0 Å². The molecule has 1 N–H and O–H groups in total. The highest BCUT2D eigenvalue weighted by molar-refractivity contribution is 6.31. The first-order valence-electron chi connectivity index (χ1n) is 4.76. The lowest BCUT2D eigenvalue weighted by Crippen LogP contribution is -1.74. The SMILES string of the molecule is C=CCCC=C.N#Cc1ccc(O)cc1Cl. The van der Waals surface area contributed by atoms with Gasteiger partial charge < -0.3 is 5.11 Å². The summed E-state index contributed by atoms with van der Waals surface area (Å²) in [5, 5.41) is 17.5. The third-order valence-corrected chi connectivity index (χ3v) is 1.96. The smallest absolute Gasteiger partial charge is 0.117 e. The first kappa shape index (κ1) is 14.3. The van der Waals surface area contributed by atoms with Gasteiger partial charge in [0.05, 0.1) is 10.6 Å². The van der Waals surface area contributed by atoms with E-state index in [2.05, 4.69) is 13.2 Å². The minimum atomic E-state index is 0.0731. The molecule has 16 heavy (non-hydrogen) atoms. The van der Waals surface area contributed by atoms with Crippen LogP contribution in [0.2, 0.25) is 5.02 Å². The van der Waals surface area contributed by atoms with E-state index < -0.39 is 0 Å². The van der Waals surface area contributed by atoms with E-state index in [1.807, 2.05) is 18.2 Å². The molecule has 0 atom stereocenters. The van der Waals surface area contributed by atoms with E-state index in [1.54, 1.807) is 0 Å². The molecule has 0 aliphatic rings. The molecule has 1 rings (SSSR count). The Morgan fingerprint density at radius 2 is 1.88 bits per heavy atom. The van der Waals surface area contributed by atoms with Crippen LogP contribution in [0.15, 0.2) is 43.5 Å². The number of phenols is 1. The van der Waals surface area contributed by atoms with E-state index in [4.69, 9.17) is 22.0 Å². The highest BCUT2D eigenvalue weighted by atomic mass is 35.5. The largest absolute Gasteiger partial charge is 0.508 e. The first-order chi connectivity index (χ1) is 7.65. The lowest BCUT2D eigenvalue weighted by Gasteiger charge is -1.93. The van der Waals surface area contributed by atoms with Crippen molar-refractivity contribution in [1.29, 1.82) is 5.26 Å². The molecule has 1 aromatic rings. The van der Waals surface area contributed by atoms with Gasteiger partial charge in [0, 0.05) is 0 Å². The van der Waals surface area contributed by atoms with Crippen LogP contribution in [0.5, 0.6) is 5.75 Å². The van der Waals surface area contributed by atoms with Crippen LogP contribution in [0.25, 0.3) is 0 Å². The summed E-state index contributed by atoms with van der Waals surface area (Å²) in [6.45, 7) is 7.10. The number of halogens is 1. The quantitative estimate of drug-likeness (QED) is 0.634. The van der Waals surface area contributed by atoms with Crippen LogP contribution in [0.4, 0.5) is 0 Å². The zero-order chi connectivity index (χ0) is 12.4. The summed E-state index contributed by atoms with van der Waals surface area (Å²) in [4.78, 5) is 0. The molecule has 0 spiro atoms. The van der Waals surface area contributed by atoms with Gasteiger partial charge in [-0.3, -0.25) is 0 Å². The van der Waals surface area contributed by atoms with Crippen LogP contribution in [0, 0.1) is 11.3 Å². The molecule has 0 saturated carbocycles. The molecule has 0 bridgehead atoms. The van der Waals surface area contributed by atoms with Gasteiger partial charge in [0.25, 0.3) is 0 Å². The fourth-order valence-corrected chi connectivity index (χ4v) is 1.05. The molecule has 3 heteroatoms. The number of hydrogen-bond donors (Lipinski definition) is 1. The van der Waals surface area contributed by atoms with Gasteiger partial charge in [0.2, 0.25) is 0 Å². The lowest BCUT2D eigenvalue weighted by molar-refractivity contribution is 0.475. The Kier molecular flexibility index (Phi) is 7.66. The van der Waals surface area contributed by atoms with Crippen LogP contribution in [0.1, 0.15) is 18.4 Å². The minimum Gasteiger partial charge on any atom is -0.508 e. The zero-order valence-corrected chi connectivity index (χ0v) is 9.74. The highest BCUT2D eigenvalue weighted by Gasteiger charge is 1.97. The molecule has 1 aromatic carbocycles. The van der Waals surface area contributed by atoms with Gasteiger partial charge in [-0.05, 0) is 31.0 Å². The van der Waals surface area contributed by atoms with Gasteiger partial charge in [0.15, 0.2) is 0 Å². The second kappa shape index (κ2) is 8.58. The molecule has 0 radical (unpaired) electrons. The van der Waals surface area contributed by atoms with Crippen molar-refractivity contribution >= 4 is 11.6 Å². The molecule has 84 valence electrons. The second-order valence-corrected chi connectivity index (χ2v) is 3.34. The van der Waals surface area contributed by atoms with Crippen molar-refractivity contribution in [3.05, 3.63) is 54.1 Å². The first-order valence-corrected chi connectivity index (χ1v) is 5.14. The maximum absolute atomic E-state index is 8.84. The average Bonchev–Trinajstić information content (AvgIpc) is 2.27. The Balaban J connectivity index is 0.000000325. The Morgan fingerprint density at radius 3 is 2.25 bits per heavy atom. The molecule has 2 nitrogen and oxygen atoms in total. The number of nitrogens with zero attached hydrogens (tertiary/aromatic N) is 1. The van der Waals surface area contributed by atoms with E-state index in [0.717, 1.165) is 12.8 Å². The number of rotatable bonds is 3. The molecule has 0 unspecified atom stereocenters. The summed E-state index contributed by atoms with van der Waals surface area (Å²) >= 11 is 5.55. The van der Waals surface area contributed by atoms with Crippen molar-refractivity contribution in [1.82, 2.24) is 0 Å². The monoisotopic (exact) mass is 235 g/mol. The summed E-state index contributed by atoms with van der Waals surface area (Å²) in [5.41, 5.74) is 0.375. The Hall–Kier alpha value is -1.72. The minimum absolute atomic E-state index is 0.0731. The molecular weight excluding hydrogens is 222 g/mol. The number of allylic oxidation sites excluding steroid dienone is 2. The highest BCUT2D eigenvalue weighted by Crippen LogP contribution is 2.20. The molecular formula is C13H14ClNO. The van der Waals surface area contributed by atoms with Gasteiger partial charge in [-0.1, -0.05) is 23.8 Å². The number of benzene rings is 1. The topological polar surface area (TPSA) is 44.0 Å². The molecule has 0 aliphatic carbocycles. The lowest BCUT2D eigenvalue weighted by atomic mass is 10.2. The summed E-state index contributed by atoms with van der Waals surface area (Å²) in [6.07, 6.45) is 5.90. The van der Waals surface area contributed by atoms with Gasteiger partial charge in [-0.15, -0.1) is 13.2 Å². The summed E-state index contributed by atoms with van der Waals surface area (Å²) in [7, 11) is 0. The molecule has 0 amide bonds. The number of unbranched alkanes of at least 4 members (excludes halogenated alkanes) is 1. The van der Waals surface area contributed by atoms with Gasteiger partial charge in [0.1, 0.15) is 11.8 Å². The van der Waals surface area contributed by atoms with E-state index in [9.17, 15) is 0 Å². The van der Waals surface area contributed by atoms with Crippen molar-refractivity contribution in [2.24, 2.45) is 0 Å². The standard InChI is InChI=1S/C7H4ClNO.C6H10/c8-7-3-6(10)2-1-5(7)4-9;1-3-5-6-4-2/h1-3,10H;3-4H,1-2,5-6H2. The molecule has 0 heterocycles. The molecule has 0 fully saturated rings. The molecule has 0 saturated heterocycles. The number of hydrogen-bond acceptors (Lipinski definition) is 2. The number of aromatic hydroxyl groups is 1. The second-order valence-electron chi connectivity index (χ2n) is 2.93. The van der Waals surface area contributed by atoms with Crippen LogP contribution in [-0.2, 0) is 0 Å². The van der Waals surface area contributed by atoms with Crippen molar-refractivity contribution < 1.29 is 5.11 Å². The van der Waals surface area contributed by atoms with Gasteiger partial charge in [-0.2, -0.15) is 5.26 Å². The fraction of sp³-hybridized carbons (Fsp3) is 0.154. The number of nitriles is 1. The van der Waals surface area contributed by atoms with Crippen molar-refractivity contribution in [2.75, 3.05) is 0 Å². The molecule has 0 aromatic heterocycles. The van der Waals surface area contributed by atoms with E-state index in [-0.39, 0.29) is 10.8 Å². The van der Waals surface area contributed by atoms with E-state index >= 15 is 0 Å². The normalized spacial score (nSPS) is 8.25. The third kappa shape index (κ3) is 5.90. The van der Waals surface area contributed by atoms with E-state index in [1.165, 1.54) is 18.2 Å².